The van der Waals surface area contributed by atoms with Gasteiger partial charge in [-0.2, -0.15) is 0 Å². The summed E-state index contributed by atoms with van der Waals surface area (Å²) in [4.78, 5) is 2.41. The number of hydrogen-bond acceptors (Lipinski definition) is 2. The van der Waals surface area contributed by atoms with Crippen LogP contribution in [0.25, 0.3) is 0 Å². The minimum Gasteiger partial charge on any atom is -0.379 e. The monoisotopic (exact) mass is 240 g/mol. The first-order valence-corrected chi connectivity index (χ1v) is 6.76. The largest absolute Gasteiger partial charge is 0.379 e. The molecule has 2 fully saturated rings. The lowest BCUT2D eigenvalue weighted by Crippen LogP contribution is -2.41. The fourth-order valence-electron chi connectivity index (χ4n) is 2.67. The average Bonchev–Trinajstić information content (AvgIpc) is 3.24. The third-order valence-corrected chi connectivity index (χ3v) is 3.93. The van der Waals surface area contributed by atoms with Crippen LogP contribution in [0, 0.1) is 6.92 Å². The van der Waals surface area contributed by atoms with Gasteiger partial charge in [0.15, 0.2) is 0 Å². The van der Waals surface area contributed by atoms with Crippen LogP contribution >= 0.6 is 0 Å². The highest BCUT2D eigenvalue weighted by molar-refractivity contribution is 5.53. The van der Waals surface area contributed by atoms with Crippen molar-refractivity contribution < 1.29 is 0 Å². The maximum atomic E-state index is 3.73. The van der Waals surface area contributed by atoms with E-state index in [9.17, 15) is 0 Å². The van der Waals surface area contributed by atoms with E-state index >= 15 is 0 Å². The van der Waals surface area contributed by atoms with Crippen molar-refractivity contribution in [2.45, 2.75) is 25.7 Å². The van der Waals surface area contributed by atoms with Crippen LogP contribution in [-0.2, 0) is 0 Å². The van der Waals surface area contributed by atoms with E-state index in [2.05, 4.69) is 47.6 Å². The van der Waals surface area contributed by atoms with Crippen LogP contribution < -0.4 is 10.2 Å². The zero-order valence-electron chi connectivity index (χ0n) is 11.0. The lowest BCUT2D eigenvalue weighted by molar-refractivity contribution is 0.661. The highest BCUT2D eigenvalue weighted by Crippen LogP contribution is 2.42. The molecule has 0 aromatic heterocycles. The van der Waals surface area contributed by atoms with Crippen LogP contribution in [-0.4, -0.2) is 19.6 Å². The van der Waals surface area contributed by atoms with Crippen LogP contribution in [0.2, 0.25) is 0 Å². The summed E-state index contributed by atoms with van der Waals surface area (Å²) in [5.74, 6) is 0.822. The van der Waals surface area contributed by atoms with Gasteiger partial charge in [0.2, 0.25) is 0 Å². The van der Waals surface area contributed by atoms with Crippen LogP contribution in [0.4, 0.5) is 5.69 Å². The second-order valence-corrected chi connectivity index (χ2v) is 5.32. The SMILES string of the molecule is C=C=C1CN(c2ccc(C)c(C3CC3)c2)CCN1. The highest BCUT2D eigenvalue weighted by atomic mass is 15.2. The van der Waals surface area contributed by atoms with Crippen LogP contribution in [0.5, 0.6) is 0 Å². The molecule has 2 heteroatoms. The second kappa shape index (κ2) is 4.55. The first kappa shape index (κ1) is 11.4. The molecule has 2 nitrogen and oxygen atoms in total. The van der Waals surface area contributed by atoms with Gasteiger partial charge < -0.3 is 10.2 Å². The Balaban J connectivity index is 1.87. The Hall–Kier alpha value is -1.66. The number of nitrogens with zero attached hydrogens (tertiary/aromatic N) is 1. The summed E-state index contributed by atoms with van der Waals surface area (Å²) < 4.78 is 0. The van der Waals surface area contributed by atoms with Gasteiger partial charge in [-0.05, 0) is 48.9 Å². The van der Waals surface area contributed by atoms with Crippen molar-refractivity contribution >= 4 is 5.69 Å². The van der Waals surface area contributed by atoms with Crippen LogP contribution in [0.1, 0.15) is 29.9 Å². The molecule has 0 amide bonds. The van der Waals surface area contributed by atoms with Crippen molar-refractivity contribution in [2.24, 2.45) is 0 Å². The standard InChI is InChI=1S/C16H20N2/c1-3-14-11-18(9-8-17-14)15-7-4-12(2)16(10-15)13-5-6-13/h4,7,10,13,17H,1,5-6,8-9,11H2,2H3. The molecule has 0 spiro atoms. The molecule has 0 atom stereocenters. The molecule has 0 unspecified atom stereocenters. The fourth-order valence-corrected chi connectivity index (χ4v) is 2.67. The Morgan fingerprint density at radius 2 is 2.22 bits per heavy atom. The Bertz CT molecular complexity index is 508. The third kappa shape index (κ3) is 2.16. The number of nitrogens with one attached hydrogen (secondary N) is 1. The Morgan fingerprint density at radius 3 is 2.94 bits per heavy atom. The zero-order valence-corrected chi connectivity index (χ0v) is 11.0. The van der Waals surface area contributed by atoms with Gasteiger partial charge in [-0.1, -0.05) is 12.6 Å². The van der Waals surface area contributed by atoms with E-state index < -0.39 is 0 Å². The van der Waals surface area contributed by atoms with Gasteiger partial charge in [0.1, 0.15) is 0 Å². The molecule has 1 N–H and O–H groups in total. The van der Waals surface area contributed by atoms with E-state index in [-0.39, 0.29) is 0 Å². The molecule has 1 aliphatic carbocycles. The number of rotatable bonds is 2. The predicted octanol–water partition coefficient (Wildman–Crippen LogP) is 2.95. The molecule has 1 saturated heterocycles. The number of hydrogen-bond donors (Lipinski definition) is 1. The number of piperazine rings is 1. The Labute approximate surface area is 109 Å². The lowest BCUT2D eigenvalue weighted by Gasteiger charge is -2.31. The van der Waals surface area contributed by atoms with Crippen LogP contribution in [0.3, 0.4) is 0 Å². The maximum absolute atomic E-state index is 3.73. The minimum atomic E-state index is 0.822. The number of aryl methyl sites for hydroxylation is 1. The van der Waals surface area contributed by atoms with E-state index in [1.165, 1.54) is 24.1 Å². The highest BCUT2D eigenvalue weighted by Gasteiger charge is 2.26. The summed E-state index contributed by atoms with van der Waals surface area (Å²) in [6.07, 6.45) is 2.73. The second-order valence-electron chi connectivity index (χ2n) is 5.32. The molecule has 1 aliphatic heterocycles. The maximum Gasteiger partial charge on any atom is 0.0729 e. The molecule has 1 aromatic carbocycles. The van der Waals surface area contributed by atoms with Crippen molar-refractivity contribution in [3.8, 4) is 0 Å². The summed E-state index contributed by atoms with van der Waals surface area (Å²) in [6, 6.07) is 6.90. The van der Waals surface area contributed by atoms with Crippen molar-refractivity contribution in [1.29, 1.82) is 0 Å². The summed E-state index contributed by atoms with van der Waals surface area (Å²) in [5, 5.41) is 3.33. The minimum absolute atomic E-state index is 0.822. The van der Waals surface area contributed by atoms with Gasteiger partial charge in [-0.25, -0.2) is 0 Å². The van der Waals surface area contributed by atoms with Gasteiger partial charge in [0.25, 0.3) is 0 Å². The molecule has 1 heterocycles. The van der Waals surface area contributed by atoms with E-state index in [0.717, 1.165) is 31.2 Å². The molecule has 94 valence electrons. The van der Waals surface area contributed by atoms with Gasteiger partial charge in [-0.3, -0.25) is 0 Å². The number of anilines is 1. The average molecular weight is 240 g/mol. The third-order valence-electron chi connectivity index (χ3n) is 3.93. The van der Waals surface area contributed by atoms with E-state index in [4.69, 9.17) is 0 Å². The van der Waals surface area contributed by atoms with Gasteiger partial charge in [-0.15, -0.1) is 5.73 Å². The van der Waals surface area contributed by atoms with Crippen molar-refractivity contribution in [2.75, 3.05) is 24.5 Å². The quantitative estimate of drug-likeness (QED) is 0.800. The number of benzene rings is 1. The van der Waals surface area contributed by atoms with Crippen molar-refractivity contribution in [1.82, 2.24) is 5.32 Å². The zero-order chi connectivity index (χ0) is 12.5. The first-order chi connectivity index (χ1) is 8.78. The van der Waals surface area contributed by atoms with Gasteiger partial charge in [0, 0.05) is 18.8 Å². The van der Waals surface area contributed by atoms with E-state index in [1.807, 2.05) is 0 Å². The smallest absolute Gasteiger partial charge is 0.0729 e. The molecule has 0 radical (unpaired) electrons. The Kier molecular flexibility index (Phi) is 2.89. The van der Waals surface area contributed by atoms with Crippen molar-refractivity contribution in [3.63, 3.8) is 0 Å². The molecular weight excluding hydrogens is 220 g/mol. The van der Waals surface area contributed by atoms with E-state index in [1.54, 1.807) is 5.56 Å². The van der Waals surface area contributed by atoms with Crippen molar-refractivity contribution in [3.05, 3.63) is 47.3 Å². The molecule has 2 aliphatic rings. The predicted molar refractivity (Wildman–Crippen MR) is 76.0 cm³/mol. The van der Waals surface area contributed by atoms with Gasteiger partial charge >= 0.3 is 0 Å². The Morgan fingerprint density at radius 1 is 1.39 bits per heavy atom. The summed E-state index contributed by atoms with van der Waals surface area (Å²) in [6.45, 7) is 8.89. The fraction of sp³-hybridized carbons (Fsp3) is 0.438. The molecular formula is C16H20N2. The molecule has 1 saturated carbocycles. The summed E-state index contributed by atoms with van der Waals surface area (Å²) in [7, 11) is 0. The topological polar surface area (TPSA) is 15.3 Å². The lowest BCUT2D eigenvalue weighted by atomic mass is 10.0. The van der Waals surface area contributed by atoms with Crippen LogP contribution in [0.15, 0.2) is 36.2 Å². The molecule has 1 aromatic rings. The molecule has 0 bridgehead atoms. The normalized spacial score (nSPS) is 19.4. The van der Waals surface area contributed by atoms with Gasteiger partial charge in [0.05, 0.1) is 12.2 Å². The first-order valence-electron chi connectivity index (χ1n) is 6.76. The summed E-state index contributed by atoms with van der Waals surface area (Å²) in [5.41, 5.74) is 8.42. The summed E-state index contributed by atoms with van der Waals surface area (Å²) >= 11 is 0. The molecule has 3 rings (SSSR count). The van der Waals surface area contributed by atoms with E-state index in [0.29, 0.717) is 0 Å². The molecule has 18 heavy (non-hydrogen) atoms.